The fourth-order valence-corrected chi connectivity index (χ4v) is 4.07. The summed E-state index contributed by atoms with van der Waals surface area (Å²) in [5.74, 6) is -1.55. The number of carboxylic acids is 1. The zero-order valence-corrected chi connectivity index (χ0v) is 17.7. The number of nitrogens with one attached hydrogen (secondary N) is 1. The van der Waals surface area contributed by atoms with Crippen LogP contribution >= 0.6 is 12.6 Å². The quantitative estimate of drug-likeness (QED) is 0.416. The van der Waals surface area contributed by atoms with E-state index in [-0.39, 0.29) is 24.2 Å². The Morgan fingerprint density at radius 2 is 1.74 bits per heavy atom. The number of carbonyl (C=O) groups excluding carboxylic acids is 2. The molecule has 8 nitrogen and oxygen atoms in total. The number of hydrogen-bond donors (Lipinski definition) is 5. The summed E-state index contributed by atoms with van der Waals surface area (Å²) in [4.78, 5) is 37.5. The number of phenolic OH excluding ortho intramolecular Hbond substituents is 1. The number of phenols is 1. The molecule has 2 aromatic rings. The lowest BCUT2D eigenvalue weighted by Crippen LogP contribution is -2.44. The first-order valence-corrected chi connectivity index (χ1v) is 10.4. The fourth-order valence-electron chi connectivity index (χ4n) is 3.80. The van der Waals surface area contributed by atoms with E-state index in [4.69, 9.17) is 5.73 Å². The van der Waals surface area contributed by atoms with Gasteiger partial charge in [-0.05, 0) is 54.7 Å². The van der Waals surface area contributed by atoms with Crippen LogP contribution < -0.4 is 11.1 Å². The van der Waals surface area contributed by atoms with Gasteiger partial charge in [-0.15, -0.1) is 0 Å². The minimum atomic E-state index is -1.04. The molecule has 3 atom stereocenters. The molecule has 1 fully saturated rings. The number of anilines is 1. The molecule has 2 amide bonds. The van der Waals surface area contributed by atoms with Gasteiger partial charge in [0, 0.05) is 5.69 Å². The summed E-state index contributed by atoms with van der Waals surface area (Å²) in [6.07, 6.45) is 1.30. The lowest BCUT2D eigenvalue weighted by Gasteiger charge is -2.28. The van der Waals surface area contributed by atoms with Crippen molar-refractivity contribution in [2.75, 3.05) is 11.9 Å². The number of hydrogen-bond acceptors (Lipinski definition) is 6. The van der Waals surface area contributed by atoms with Crippen molar-refractivity contribution in [3.8, 4) is 5.75 Å². The maximum absolute atomic E-state index is 12.5. The number of amides is 2. The Balaban J connectivity index is 1.65. The lowest BCUT2D eigenvalue weighted by molar-refractivity contribution is -0.149. The van der Waals surface area contributed by atoms with Crippen molar-refractivity contribution in [3.63, 3.8) is 0 Å². The smallest absolute Gasteiger partial charge is 0.326 e. The van der Waals surface area contributed by atoms with E-state index >= 15 is 0 Å². The largest absolute Gasteiger partial charge is 0.508 e. The number of aliphatic carboxylic acids is 1. The number of thiol groups is 1. The summed E-state index contributed by atoms with van der Waals surface area (Å²) in [5.41, 5.74) is 7.71. The molecule has 3 rings (SSSR count). The zero-order chi connectivity index (χ0) is 22.5. The highest BCUT2D eigenvalue weighted by Gasteiger charge is 2.41. The van der Waals surface area contributed by atoms with E-state index in [0.29, 0.717) is 24.9 Å². The maximum Gasteiger partial charge on any atom is 0.326 e. The Labute approximate surface area is 185 Å². The fraction of sp³-hybridized carbons (Fsp3) is 0.318. The molecule has 0 aromatic heterocycles. The number of likely N-dealkylation sites (tertiary alicyclic amines) is 1. The molecule has 0 radical (unpaired) electrons. The van der Waals surface area contributed by atoms with E-state index in [0.717, 1.165) is 11.1 Å². The number of aromatic hydroxyl groups is 1. The highest BCUT2D eigenvalue weighted by atomic mass is 32.1. The van der Waals surface area contributed by atoms with E-state index in [1.165, 1.54) is 4.90 Å². The molecule has 0 spiro atoms. The number of carbonyl (C=O) groups is 3. The second-order valence-electron chi connectivity index (χ2n) is 7.45. The van der Waals surface area contributed by atoms with Crippen LogP contribution in [0.2, 0.25) is 0 Å². The van der Waals surface area contributed by atoms with Crippen molar-refractivity contribution >= 4 is 36.1 Å². The van der Waals surface area contributed by atoms with Gasteiger partial charge in [0.1, 0.15) is 11.8 Å². The molecule has 31 heavy (non-hydrogen) atoms. The van der Waals surface area contributed by atoms with Crippen LogP contribution in [0.15, 0.2) is 48.5 Å². The van der Waals surface area contributed by atoms with Crippen LogP contribution in [-0.2, 0) is 20.8 Å². The molecule has 1 aliphatic heterocycles. The van der Waals surface area contributed by atoms with Crippen molar-refractivity contribution in [1.82, 2.24) is 4.90 Å². The zero-order valence-electron chi connectivity index (χ0n) is 16.8. The van der Waals surface area contributed by atoms with E-state index in [1.807, 2.05) is 0 Å². The molecule has 1 saturated heterocycles. The molecular formula is C22H25N3O5S. The van der Waals surface area contributed by atoms with Crippen LogP contribution in [0.5, 0.6) is 5.75 Å². The third kappa shape index (κ3) is 5.36. The first-order valence-electron chi connectivity index (χ1n) is 9.91. The van der Waals surface area contributed by atoms with Crippen LogP contribution in [0.3, 0.4) is 0 Å². The van der Waals surface area contributed by atoms with E-state index in [1.54, 1.807) is 48.5 Å². The van der Waals surface area contributed by atoms with Gasteiger partial charge in [0.05, 0.1) is 17.8 Å². The van der Waals surface area contributed by atoms with Gasteiger partial charge in [-0.2, -0.15) is 12.6 Å². The van der Waals surface area contributed by atoms with E-state index in [9.17, 15) is 24.6 Å². The van der Waals surface area contributed by atoms with Crippen molar-refractivity contribution in [3.05, 3.63) is 59.7 Å². The van der Waals surface area contributed by atoms with Gasteiger partial charge in [-0.25, -0.2) is 4.79 Å². The third-order valence-corrected chi connectivity index (χ3v) is 5.78. The Hall–Kier alpha value is -3.04. The molecule has 0 saturated carbocycles. The van der Waals surface area contributed by atoms with Gasteiger partial charge < -0.3 is 26.2 Å². The summed E-state index contributed by atoms with van der Waals surface area (Å²) in [7, 11) is 0. The molecule has 1 heterocycles. The predicted molar refractivity (Wildman–Crippen MR) is 119 cm³/mol. The van der Waals surface area contributed by atoms with Crippen LogP contribution in [0.4, 0.5) is 5.69 Å². The molecule has 9 heteroatoms. The second-order valence-corrected chi connectivity index (χ2v) is 8.07. The topological polar surface area (TPSA) is 133 Å². The molecule has 164 valence electrons. The van der Waals surface area contributed by atoms with Crippen LogP contribution in [0.25, 0.3) is 0 Å². The van der Waals surface area contributed by atoms with Crippen LogP contribution in [-0.4, -0.2) is 50.7 Å². The van der Waals surface area contributed by atoms with Gasteiger partial charge in [-0.3, -0.25) is 9.59 Å². The first kappa shape index (κ1) is 22.6. The standard InChI is InChI=1S/C22H25N3O5S/c23-12-20(27)25-17(9-10-18(25)22(29)30)14-3-5-15(6-4-14)24-21(28)19(31)11-13-1-7-16(26)8-2-13/h1-8,17-19,26,31H,9-12,23H2,(H,24,28)(H,29,30)/t17?,18-,19?/m0/s1. The molecule has 2 aromatic carbocycles. The molecule has 0 bridgehead atoms. The maximum atomic E-state index is 12.5. The Morgan fingerprint density at radius 1 is 1.10 bits per heavy atom. The summed E-state index contributed by atoms with van der Waals surface area (Å²) >= 11 is 4.37. The first-order chi connectivity index (χ1) is 14.8. The number of carboxylic acid groups (broad SMARTS) is 1. The number of nitrogens with two attached hydrogens (primary N) is 1. The molecule has 2 unspecified atom stereocenters. The SMILES string of the molecule is NCC(=O)N1C(c2ccc(NC(=O)C(S)Cc3ccc(O)cc3)cc2)CC[C@H]1C(=O)O. The summed E-state index contributed by atoms with van der Waals surface area (Å²) in [6, 6.07) is 12.3. The number of rotatable bonds is 7. The molecule has 5 N–H and O–H groups in total. The van der Waals surface area contributed by atoms with E-state index in [2.05, 4.69) is 17.9 Å². The second kappa shape index (κ2) is 9.84. The van der Waals surface area contributed by atoms with Gasteiger partial charge in [0.25, 0.3) is 0 Å². The van der Waals surface area contributed by atoms with Crippen molar-refractivity contribution in [2.24, 2.45) is 5.73 Å². The van der Waals surface area contributed by atoms with Gasteiger partial charge in [0.15, 0.2) is 0 Å². The minimum Gasteiger partial charge on any atom is -0.508 e. The minimum absolute atomic E-state index is 0.160. The van der Waals surface area contributed by atoms with Gasteiger partial charge in [0.2, 0.25) is 11.8 Å². The summed E-state index contributed by atoms with van der Waals surface area (Å²) in [6.45, 7) is -0.251. The third-order valence-electron chi connectivity index (χ3n) is 5.36. The molecule has 1 aliphatic rings. The number of nitrogens with zero attached hydrogens (tertiary/aromatic N) is 1. The Kier molecular flexibility index (Phi) is 7.19. The predicted octanol–water partition coefficient (Wildman–Crippen LogP) is 1.95. The van der Waals surface area contributed by atoms with Crippen molar-refractivity contribution in [1.29, 1.82) is 0 Å². The number of benzene rings is 2. The molecular weight excluding hydrogens is 418 g/mol. The van der Waals surface area contributed by atoms with Gasteiger partial charge in [-0.1, -0.05) is 24.3 Å². The molecule has 0 aliphatic carbocycles. The Morgan fingerprint density at radius 3 is 2.32 bits per heavy atom. The summed E-state index contributed by atoms with van der Waals surface area (Å²) < 4.78 is 0. The average molecular weight is 444 g/mol. The van der Waals surface area contributed by atoms with Crippen molar-refractivity contribution < 1.29 is 24.6 Å². The van der Waals surface area contributed by atoms with Crippen LogP contribution in [0, 0.1) is 0 Å². The monoisotopic (exact) mass is 443 g/mol. The highest BCUT2D eigenvalue weighted by molar-refractivity contribution is 7.81. The van der Waals surface area contributed by atoms with Gasteiger partial charge >= 0.3 is 5.97 Å². The average Bonchev–Trinajstić information content (AvgIpc) is 3.21. The summed E-state index contributed by atoms with van der Waals surface area (Å²) in [5, 5.41) is 21.0. The van der Waals surface area contributed by atoms with Crippen molar-refractivity contribution in [2.45, 2.75) is 36.6 Å². The van der Waals surface area contributed by atoms with Crippen LogP contribution in [0.1, 0.15) is 30.0 Å². The Bertz CT molecular complexity index is 949. The van der Waals surface area contributed by atoms with E-state index < -0.39 is 23.2 Å². The lowest BCUT2D eigenvalue weighted by atomic mass is 10.0. The normalized spacial score (nSPS) is 19.1. The highest BCUT2D eigenvalue weighted by Crippen LogP contribution is 2.36.